The maximum absolute atomic E-state index is 13.5. The monoisotopic (exact) mass is 531 g/mol. The third kappa shape index (κ3) is 5.20. The van der Waals surface area contributed by atoms with Crippen molar-refractivity contribution in [2.75, 3.05) is 43.0 Å². The number of fused-ring (bicyclic) bond motifs is 1. The third-order valence-electron chi connectivity index (χ3n) is 6.97. The number of benzodiazepines with no additional fused rings is 1. The summed E-state index contributed by atoms with van der Waals surface area (Å²) < 4.78 is 0. The molecule has 2 aliphatic heterocycles. The molecule has 1 fully saturated rings. The van der Waals surface area contributed by atoms with Gasteiger partial charge in [-0.3, -0.25) is 4.79 Å². The maximum Gasteiger partial charge on any atom is 0.272 e. The Labute approximate surface area is 228 Å². The highest BCUT2D eigenvalue weighted by atomic mass is 35.5. The molecule has 0 aromatic heterocycles. The zero-order valence-electron chi connectivity index (χ0n) is 21.2. The number of nitrogens with zero attached hydrogens (tertiary/aromatic N) is 4. The van der Waals surface area contributed by atoms with Crippen molar-refractivity contribution in [3.8, 4) is 0 Å². The van der Waals surface area contributed by atoms with E-state index in [1.54, 1.807) is 18.0 Å². The van der Waals surface area contributed by atoms with E-state index in [-0.39, 0.29) is 5.91 Å². The van der Waals surface area contributed by atoms with Crippen molar-refractivity contribution in [3.63, 3.8) is 0 Å². The molecule has 1 N–H and O–H groups in total. The number of nitrogens with one attached hydrogen (secondary N) is 1. The Morgan fingerprint density at radius 1 is 0.973 bits per heavy atom. The smallest absolute Gasteiger partial charge is 0.272 e. The zero-order valence-corrected chi connectivity index (χ0v) is 22.8. The SMILES string of the molecule is Cc1ccc(N2CCN(C(=S)NC3N=C(c4ccccc4)c4cc(Cl)ccc4N(C)C3=O)CC2)c(C)c1. The highest BCUT2D eigenvalue weighted by Gasteiger charge is 2.32. The first-order valence-electron chi connectivity index (χ1n) is 12.4. The lowest BCUT2D eigenvalue weighted by Crippen LogP contribution is -2.55. The van der Waals surface area contributed by atoms with Crippen LogP contribution in [0.2, 0.25) is 5.02 Å². The van der Waals surface area contributed by atoms with Gasteiger partial charge in [0.2, 0.25) is 6.17 Å². The van der Waals surface area contributed by atoms with Crippen LogP contribution in [0.3, 0.4) is 0 Å². The number of hydrogen-bond donors (Lipinski definition) is 1. The molecule has 0 radical (unpaired) electrons. The average molecular weight is 532 g/mol. The highest BCUT2D eigenvalue weighted by molar-refractivity contribution is 7.80. The molecule has 8 heteroatoms. The summed E-state index contributed by atoms with van der Waals surface area (Å²) in [4.78, 5) is 24.6. The number of anilines is 2. The van der Waals surface area contributed by atoms with Crippen LogP contribution in [0.25, 0.3) is 0 Å². The number of likely N-dealkylation sites (N-methyl/N-ethyl adjacent to an activating group) is 1. The average Bonchev–Trinajstić information content (AvgIpc) is 2.99. The molecule has 5 rings (SSSR count). The summed E-state index contributed by atoms with van der Waals surface area (Å²) >= 11 is 12.1. The van der Waals surface area contributed by atoms with Crippen LogP contribution in [-0.4, -0.2) is 61.0 Å². The Morgan fingerprint density at radius 3 is 2.38 bits per heavy atom. The second-order valence-corrected chi connectivity index (χ2v) is 10.3. The van der Waals surface area contributed by atoms with E-state index in [9.17, 15) is 4.79 Å². The number of amides is 1. The van der Waals surface area contributed by atoms with E-state index >= 15 is 0 Å². The Morgan fingerprint density at radius 2 is 1.68 bits per heavy atom. The molecular formula is C29H30ClN5OS. The number of halogens is 1. The summed E-state index contributed by atoms with van der Waals surface area (Å²) in [6, 6.07) is 21.9. The van der Waals surface area contributed by atoms with E-state index in [1.165, 1.54) is 16.8 Å². The van der Waals surface area contributed by atoms with Gasteiger partial charge in [0.15, 0.2) is 5.11 Å². The zero-order chi connectivity index (χ0) is 26.1. The molecule has 6 nitrogen and oxygen atoms in total. The lowest BCUT2D eigenvalue weighted by Gasteiger charge is -2.38. The van der Waals surface area contributed by atoms with Crippen molar-refractivity contribution in [2.45, 2.75) is 20.0 Å². The van der Waals surface area contributed by atoms with E-state index in [1.807, 2.05) is 42.5 Å². The van der Waals surface area contributed by atoms with Crippen LogP contribution in [0.5, 0.6) is 0 Å². The molecule has 0 saturated carbocycles. The van der Waals surface area contributed by atoms with E-state index in [0.717, 1.165) is 43.0 Å². The number of carbonyl (C=O) groups excluding carboxylic acids is 1. The van der Waals surface area contributed by atoms with E-state index in [4.69, 9.17) is 28.8 Å². The fourth-order valence-corrected chi connectivity index (χ4v) is 5.45. The number of carbonyl (C=O) groups is 1. The molecule has 1 saturated heterocycles. The second-order valence-electron chi connectivity index (χ2n) is 9.52. The summed E-state index contributed by atoms with van der Waals surface area (Å²) in [7, 11) is 1.76. The molecule has 1 amide bonds. The number of rotatable bonds is 3. The molecular weight excluding hydrogens is 502 g/mol. The van der Waals surface area contributed by atoms with Gasteiger partial charge in [0.05, 0.1) is 11.4 Å². The van der Waals surface area contributed by atoms with Crippen LogP contribution in [0.4, 0.5) is 11.4 Å². The van der Waals surface area contributed by atoms with Crippen LogP contribution in [-0.2, 0) is 4.79 Å². The predicted molar refractivity (Wildman–Crippen MR) is 156 cm³/mol. The molecule has 1 atom stereocenters. The van der Waals surface area contributed by atoms with Gasteiger partial charge in [-0.2, -0.15) is 0 Å². The quantitative estimate of drug-likeness (QED) is 0.492. The molecule has 3 aromatic rings. The molecule has 1 unspecified atom stereocenters. The summed E-state index contributed by atoms with van der Waals surface area (Å²) in [6.45, 7) is 7.51. The van der Waals surface area contributed by atoms with Gasteiger partial charge in [0.25, 0.3) is 5.91 Å². The summed E-state index contributed by atoms with van der Waals surface area (Å²) in [5.74, 6) is -0.175. The van der Waals surface area contributed by atoms with Crippen LogP contribution in [0.1, 0.15) is 22.3 Å². The first kappa shape index (κ1) is 25.2. The van der Waals surface area contributed by atoms with Crippen molar-refractivity contribution in [2.24, 2.45) is 4.99 Å². The first-order valence-corrected chi connectivity index (χ1v) is 13.2. The van der Waals surface area contributed by atoms with Crippen LogP contribution >= 0.6 is 23.8 Å². The van der Waals surface area contributed by atoms with E-state index in [2.05, 4.69) is 47.2 Å². The highest BCUT2D eigenvalue weighted by Crippen LogP contribution is 2.30. The Hall–Kier alpha value is -3.42. The molecule has 2 aliphatic rings. The van der Waals surface area contributed by atoms with Crippen LogP contribution in [0.15, 0.2) is 71.7 Å². The van der Waals surface area contributed by atoms with Gasteiger partial charge >= 0.3 is 0 Å². The summed E-state index contributed by atoms with van der Waals surface area (Å²) in [5, 5.41) is 4.38. The van der Waals surface area contributed by atoms with Crippen molar-refractivity contribution >= 4 is 51.9 Å². The molecule has 37 heavy (non-hydrogen) atoms. The maximum atomic E-state index is 13.5. The first-order chi connectivity index (χ1) is 17.8. The number of piperazine rings is 1. The van der Waals surface area contributed by atoms with E-state index in [0.29, 0.717) is 15.8 Å². The summed E-state index contributed by atoms with van der Waals surface area (Å²) in [5.41, 5.74) is 7.00. The number of aryl methyl sites for hydroxylation is 2. The second kappa shape index (κ2) is 10.5. The van der Waals surface area contributed by atoms with Gasteiger partial charge < -0.3 is 20.0 Å². The number of hydrogen-bond acceptors (Lipinski definition) is 4. The minimum atomic E-state index is -0.851. The van der Waals surface area contributed by atoms with Crippen LogP contribution < -0.4 is 15.1 Å². The molecule has 3 aromatic carbocycles. The third-order valence-corrected chi connectivity index (χ3v) is 7.58. The number of benzene rings is 3. The van der Waals surface area contributed by atoms with Gasteiger partial charge in [-0.25, -0.2) is 4.99 Å². The van der Waals surface area contributed by atoms with Crippen LogP contribution in [0, 0.1) is 13.8 Å². The molecule has 190 valence electrons. The standard InChI is InChI=1S/C29H30ClN5OS/c1-19-9-11-24(20(2)17-19)34-13-15-35(16-14-34)29(37)32-27-28(36)33(3)25-12-10-22(30)18-23(25)26(31-27)21-7-5-4-6-8-21/h4-12,17-18,27H,13-16H2,1-3H3,(H,32,37). The van der Waals surface area contributed by atoms with Gasteiger partial charge in [-0.05, 0) is 55.9 Å². The molecule has 0 spiro atoms. The largest absolute Gasteiger partial charge is 0.368 e. The molecule has 0 aliphatic carbocycles. The van der Waals surface area contributed by atoms with Crippen molar-refractivity contribution in [3.05, 3.63) is 94.0 Å². The fraction of sp³-hybridized carbons (Fsp3) is 0.276. The van der Waals surface area contributed by atoms with Gasteiger partial charge in [0.1, 0.15) is 0 Å². The van der Waals surface area contributed by atoms with Crippen molar-refractivity contribution < 1.29 is 4.79 Å². The minimum absolute atomic E-state index is 0.175. The van der Waals surface area contributed by atoms with E-state index < -0.39 is 6.17 Å². The number of thiocarbonyl (C=S) groups is 1. The topological polar surface area (TPSA) is 51.2 Å². The normalized spacial score (nSPS) is 17.7. The Bertz CT molecular complexity index is 1370. The minimum Gasteiger partial charge on any atom is -0.368 e. The lowest BCUT2D eigenvalue weighted by molar-refractivity contribution is -0.119. The van der Waals surface area contributed by atoms with Crippen molar-refractivity contribution in [1.82, 2.24) is 10.2 Å². The van der Waals surface area contributed by atoms with Gasteiger partial charge in [-0.1, -0.05) is 59.6 Å². The van der Waals surface area contributed by atoms with Gasteiger partial charge in [0, 0.05) is 55.1 Å². The van der Waals surface area contributed by atoms with Gasteiger partial charge in [-0.15, -0.1) is 0 Å². The number of aliphatic imine (C=N–C) groups is 1. The molecule has 0 bridgehead atoms. The lowest BCUT2D eigenvalue weighted by atomic mass is 10.0. The summed E-state index contributed by atoms with van der Waals surface area (Å²) in [6.07, 6.45) is -0.851. The Balaban J connectivity index is 1.37. The molecule has 2 heterocycles. The predicted octanol–water partition coefficient (Wildman–Crippen LogP) is 4.79. The van der Waals surface area contributed by atoms with Crippen molar-refractivity contribution in [1.29, 1.82) is 0 Å². The fourth-order valence-electron chi connectivity index (χ4n) is 4.99. The Kier molecular flexibility index (Phi) is 7.17.